The Morgan fingerprint density at radius 3 is 2.61 bits per heavy atom. The Kier molecular flexibility index (Phi) is 6.62. The fourth-order valence-corrected chi connectivity index (χ4v) is 3.65. The molecule has 1 aliphatic rings. The van der Waals surface area contributed by atoms with Gasteiger partial charge in [-0.05, 0) is 42.9 Å². The van der Waals surface area contributed by atoms with E-state index in [1.54, 1.807) is 31.2 Å². The summed E-state index contributed by atoms with van der Waals surface area (Å²) in [5.74, 6) is 0.528. The first-order valence-electron chi connectivity index (χ1n) is 9.00. The van der Waals surface area contributed by atoms with Crippen molar-refractivity contribution in [3.05, 3.63) is 68.4 Å². The summed E-state index contributed by atoms with van der Waals surface area (Å²) in [5.41, 5.74) is 1.40. The van der Waals surface area contributed by atoms with Crippen LogP contribution in [0.15, 0.2) is 47.7 Å². The number of nitro benzene ring substituents is 1. The van der Waals surface area contributed by atoms with Crippen LogP contribution in [-0.4, -0.2) is 30.2 Å². The summed E-state index contributed by atoms with van der Waals surface area (Å²) in [4.78, 5) is 24.0. The highest BCUT2D eigenvalue weighted by atomic mass is 35.5. The van der Waals surface area contributed by atoms with Gasteiger partial charge in [0.05, 0.1) is 36.4 Å². The number of anilines is 1. The fourth-order valence-electron chi connectivity index (χ4n) is 3.20. The van der Waals surface area contributed by atoms with Gasteiger partial charge in [0.25, 0.3) is 11.6 Å². The number of thiocarbonyl (C=S) groups is 1. The first-order chi connectivity index (χ1) is 14.7. The van der Waals surface area contributed by atoms with Crippen molar-refractivity contribution in [1.29, 1.82) is 0 Å². The number of carbonyl (C=O) groups excluding carboxylic acids is 1. The summed E-state index contributed by atoms with van der Waals surface area (Å²) >= 11 is 11.2. The molecular weight excluding hydrogens is 444 g/mol. The van der Waals surface area contributed by atoms with Gasteiger partial charge in [-0.25, -0.2) is 0 Å². The van der Waals surface area contributed by atoms with Gasteiger partial charge < -0.3 is 25.4 Å². The number of rotatable bonds is 6. The van der Waals surface area contributed by atoms with E-state index in [0.29, 0.717) is 34.0 Å². The number of nitro groups is 1. The third kappa shape index (κ3) is 4.70. The van der Waals surface area contributed by atoms with Crippen LogP contribution in [-0.2, 0) is 4.79 Å². The molecule has 0 saturated heterocycles. The average molecular weight is 463 g/mol. The van der Waals surface area contributed by atoms with Gasteiger partial charge in [0, 0.05) is 17.8 Å². The van der Waals surface area contributed by atoms with Crippen LogP contribution in [0.1, 0.15) is 18.5 Å². The van der Waals surface area contributed by atoms with Crippen molar-refractivity contribution in [1.82, 2.24) is 10.6 Å². The summed E-state index contributed by atoms with van der Waals surface area (Å²) in [6, 6.07) is 8.61. The van der Waals surface area contributed by atoms with Crippen molar-refractivity contribution in [3.8, 4) is 11.5 Å². The van der Waals surface area contributed by atoms with E-state index in [9.17, 15) is 14.9 Å². The molecule has 0 saturated carbocycles. The number of nitrogens with one attached hydrogen (secondary N) is 3. The fraction of sp³-hybridized carbons (Fsp3) is 0.200. The number of hydrogen-bond donors (Lipinski definition) is 3. The van der Waals surface area contributed by atoms with Crippen molar-refractivity contribution in [2.24, 2.45) is 0 Å². The lowest BCUT2D eigenvalue weighted by Gasteiger charge is -2.30. The second-order valence-electron chi connectivity index (χ2n) is 6.56. The molecule has 1 aliphatic heterocycles. The van der Waals surface area contributed by atoms with Gasteiger partial charge in [0.2, 0.25) is 0 Å². The number of methoxy groups -OCH3 is 2. The molecule has 0 aliphatic carbocycles. The van der Waals surface area contributed by atoms with Gasteiger partial charge in [-0.3, -0.25) is 14.9 Å². The molecule has 3 rings (SSSR count). The number of hydrogen-bond acceptors (Lipinski definition) is 6. The van der Waals surface area contributed by atoms with Gasteiger partial charge in [-0.2, -0.15) is 0 Å². The zero-order chi connectivity index (χ0) is 22.7. The smallest absolute Gasteiger partial charge is 0.288 e. The number of ether oxygens (including phenoxy) is 2. The Morgan fingerprint density at radius 1 is 1.23 bits per heavy atom. The summed E-state index contributed by atoms with van der Waals surface area (Å²) in [5, 5.41) is 20.3. The molecule has 0 fully saturated rings. The average Bonchev–Trinajstić information content (AvgIpc) is 2.73. The van der Waals surface area contributed by atoms with E-state index >= 15 is 0 Å². The van der Waals surface area contributed by atoms with Crippen molar-refractivity contribution in [2.45, 2.75) is 13.0 Å². The van der Waals surface area contributed by atoms with Crippen LogP contribution < -0.4 is 25.4 Å². The van der Waals surface area contributed by atoms with Gasteiger partial charge >= 0.3 is 0 Å². The van der Waals surface area contributed by atoms with Crippen LogP contribution in [0.4, 0.5) is 11.4 Å². The molecule has 9 nitrogen and oxygen atoms in total. The molecule has 1 amide bonds. The molecule has 31 heavy (non-hydrogen) atoms. The third-order valence-corrected chi connectivity index (χ3v) is 5.21. The van der Waals surface area contributed by atoms with E-state index in [-0.39, 0.29) is 15.8 Å². The topological polar surface area (TPSA) is 115 Å². The molecule has 1 heterocycles. The predicted molar refractivity (Wildman–Crippen MR) is 121 cm³/mol. The highest BCUT2D eigenvalue weighted by Crippen LogP contribution is 2.34. The first kappa shape index (κ1) is 22.3. The molecular formula is C20H19ClN4O5S. The lowest BCUT2D eigenvalue weighted by Crippen LogP contribution is -2.45. The Morgan fingerprint density at radius 2 is 1.97 bits per heavy atom. The van der Waals surface area contributed by atoms with Gasteiger partial charge in [0.1, 0.15) is 16.5 Å². The van der Waals surface area contributed by atoms with Gasteiger partial charge in [-0.1, -0.05) is 17.7 Å². The van der Waals surface area contributed by atoms with E-state index in [2.05, 4.69) is 16.0 Å². The quantitative estimate of drug-likeness (QED) is 0.338. The maximum absolute atomic E-state index is 13.3. The van der Waals surface area contributed by atoms with Crippen LogP contribution in [0, 0.1) is 10.1 Å². The summed E-state index contributed by atoms with van der Waals surface area (Å²) in [6.07, 6.45) is 0. The van der Waals surface area contributed by atoms with Crippen LogP contribution in [0.5, 0.6) is 11.5 Å². The largest absolute Gasteiger partial charge is 0.497 e. The minimum absolute atomic E-state index is 0.00178. The zero-order valence-electron chi connectivity index (χ0n) is 16.8. The van der Waals surface area contributed by atoms with E-state index in [1.807, 2.05) is 0 Å². The molecule has 0 spiro atoms. The molecule has 1 unspecified atom stereocenters. The Bertz CT molecular complexity index is 1100. The first-order valence-corrected chi connectivity index (χ1v) is 9.79. The van der Waals surface area contributed by atoms with Crippen molar-refractivity contribution in [3.63, 3.8) is 0 Å². The van der Waals surface area contributed by atoms with Crippen molar-refractivity contribution >= 4 is 46.2 Å². The molecule has 1 atom stereocenters. The van der Waals surface area contributed by atoms with Crippen molar-refractivity contribution in [2.75, 3.05) is 19.5 Å². The second-order valence-corrected chi connectivity index (χ2v) is 7.37. The third-order valence-electron chi connectivity index (χ3n) is 4.67. The maximum Gasteiger partial charge on any atom is 0.288 e. The number of halogens is 1. The van der Waals surface area contributed by atoms with Crippen LogP contribution in [0.2, 0.25) is 5.02 Å². The molecule has 11 heteroatoms. The number of carbonyl (C=O) groups is 1. The molecule has 0 aromatic heterocycles. The number of amides is 1. The highest BCUT2D eigenvalue weighted by molar-refractivity contribution is 7.80. The summed E-state index contributed by atoms with van der Waals surface area (Å²) in [7, 11) is 3.00. The normalized spacial score (nSPS) is 15.6. The van der Waals surface area contributed by atoms with E-state index in [4.69, 9.17) is 33.3 Å². The van der Waals surface area contributed by atoms with Gasteiger partial charge in [-0.15, -0.1) is 0 Å². The molecule has 0 bridgehead atoms. The molecule has 162 valence electrons. The number of benzene rings is 2. The standard InChI is InChI=1S/C20H19ClN4O5S/c1-10-17(19(26)23-14-9-12(29-2)5-7-16(14)30-3)18(24-20(31)22-10)11-4-6-13(21)15(8-11)25(27)28/h4-9,18H,1-3H3,(H,23,26)(H2,22,24,31). The maximum atomic E-state index is 13.3. The van der Waals surface area contributed by atoms with E-state index < -0.39 is 16.9 Å². The number of nitrogens with zero attached hydrogens (tertiary/aromatic N) is 1. The monoisotopic (exact) mass is 462 g/mol. The lowest BCUT2D eigenvalue weighted by molar-refractivity contribution is -0.384. The SMILES string of the molecule is COc1ccc(OC)c(NC(=O)C2=C(C)NC(=S)NC2c2ccc(Cl)c([N+](=O)[O-])c2)c1. The minimum atomic E-state index is -0.735. The highest BCUT2D eigenvalue weighted by Gasteiger charge is 2.31. The second kappa shape index (κ2) is 9.19. The molecule has 0 radical (unpaired) electrons. The lowest BCUT2D eigenvalue weighted by atomic mass is 9.94. The Labute approximate surface area is 188 Å². The molecule has 2 aromatic rings. The van der Waals surface area contributed by atoms with Gasteiger partial charge in [0.15, 0.2) is 5.11 Å². The minimum Gasteiger partial charge on any atom is -0.497 e. The van der Waals surface area contributed by atoms with E-state index in [0.717, 1.165) is 0 Å². The Balaban J connectivity index is 2.02. The van der Waals surface area contributed by atoms with Crippen LogP contribution >= 0.6 is 23.8 Å². The van der Waals surface area contributed by atoms with E-state index in [1.165, 1.54) is 26.4 Å². The summed E-state index contributed by atoms with van der Waals surface area (Å²) < 4.78 is 10.5. The van der Waals surface area contributed by atoms with Crippen molar-refractivity contribution < 1.29 is 19.2 Å². The number of allylic oxidation sites excluding steroid dienone is 1. The Hall–Kier alpha value is -3.37. The summed E-state index contributed by atoms with van der Waals surface area (Å²) in [6.45, 7) is 1.70. The van der Waals surface area contributed by atoms with Crippen LogP contribution in [0.3, 0.4) is 0 Å². The molecule has 3 N–H and O–H groups in total. The predicted octanol–water partition coefficient (Wildman–Crippen LogP) is 3.70. The molecule has 2 aromatic carbocycles. The zero-order valence-corrected chi connectivity index (χ0v) is 18.4. The van der Waals surface area contributed by atoms with Crippen LogP contribution in [0.25, 0.3) is 0 Å².